The predicted octanol–water partition coefficient (Wildman–Crippen LogP) is 3.93. The van der Waals surface area contributed by atoms with Gasteiger partial charge in [-0.2, -0.15) is 0 Å². The first-order chi connectivity index (χ1) is 12.4. The van der Waals surface area contributed by atoms with Crippen molar-refractivity contribution in [2.24, 2.45) is 0 Å². The van der Waals surface area contributed by atoms with E-state index in [-0.39, 0.29) is 18.3 Å². The van der Waals surface area contributed by atoms with Crippen LogP contribution in [-0.2, 0) is 14.0 Å². The molecule has 1 saturated carbocycles. The Balaban J connectivity index is 1.68. The minimum absolute atomic E-state index is 0.314. The standard InChI is InChI=1S/C21H32BNO3/c1-20(2)21(3,4)26-22(25-20)17-12-18(15-8-6-5-7-9-15)23-19(13-17)16-10-11-24-14-16/h12-13,15-16H,5-11,14H2,1-4H3. The van der Waals surface area contributed by atoms with Crippen LogP contribution in [0.1, 0.15) is 89.4 Å². The highest BCUT2D eigenvalue weighted by Crippen LogP contribution is 2.38. The molecule has 3 aliphatic rings. The molecule has 4 nitrogen and oxygen atoms in total. The van der Waals surface area contributed by atoms with E-state index in [1.54, 1.807) is 0 Å². The molecule has 0 spiro atoms. The molecule has 1 aliphatic carbocycles. The SMILES string of the molecule is CC1(C)OB(c2cc(C3CCCCC3)nc(C3CCOC3)c2)OC1(C)C. The molecular formula is C21H32BNO3. The molecule has 0 aromatic carbocycles. The van der Waals surface area contributed by atoms with Gasteiger partial charge in [0.25, 0.3) is 0 Å². The van der Waals surface area contributed by atoms with Gasteiger partial charge in [-0.15, -0.1) is 0 Å². The van der Waals surface area contributed by atoms with Gasteiger partial charge in [0.15, 0.2) is 0 Å². The van der Waals surface area contributed by atoms with Crippen LogP contribution in [0.25, 0.3) is 0 Å². The van der Waals surface area contributed by atoms with E-state index in [1.807, 2.05) is 0 Å². The van der Waals surface area contributed by atoms with Crippen LogP contribution in [0.2, 0.25) is 0 Å². The molecule has 0 amide bonds. The Bertz CT molecular complexity index is 633. The third-order valence-corrected chi connectivity index (χ3v) is 6.78. The molecular weight excluding hydrogens is 325 g/mol. The summed E-state index contributed by atoms with van der Waals surface area (Å²) >= 11 is 0. The summed E-state index contributed by atoms with van der Waals surface area (Å²) in [5.74, 6) is 0.979. The Morgan fingerprint density at radius 3 is 2.08 bits per heavy atom. The van der Waals surface area contributed by atoms with Gasteiger partial charge >= 0.3 is 7.12 Å². The second-order valence-corrected chi connectivity index (χ2v) is 9.23. The number of aromatic nitrogens is 1. The van der Waals surface area contributed by atoms with Crippen molar-refractivity contribution in [2.75, 3.05) is 13.2 Å². The lowest BCUT2D eigenvalue weighted by atomic mass is 9.76. The quantitative estimate of drug-likeness (QED) is 0.769. The van der Waals surface area contributed by atoms with E-state index in [9.17, 15) is 0 Å². The molecule has 2 saturated heterocycles. The lowest BCUT2D eigenvalue weighted by Gasteiger charge is -2.32. The van der Waals surface area contributed by atoms with Gasteiger partial charge in [-0.3, -0.25) is 4.98 Å². The molecule has 3 fully saturated rings. The van der Waals surface area contributed by atoms with E-state index in [0.29, 0.717) is 11.8 Å². The predicted molar refractivity (Wildman–Crippen MR) is 104 cm³/mol. The Morgan fingerprint density at radius 1 is 0.885 bits per heavy atom. The van der Waals surface area contributed by atoms with Crippen LogP contribution in [0.4, 0.5) is 0 Å². The maximum atomic E-state index is 6.33. The minimum atomic E-state index is -0.317. The molecule has 0 N–H and O–H groups in total. The first kappa shape index (κ1) is 18.5. The number of nitrogens with zero attached hydrogens (tertiary/aromatic N) is 1. The molecule has 5 heteroatoms. The normalized spacial score (nSPS) is 28.6. The lowest BCUT2D eigenvalue weighted by Crippen LogP contribution is -2.41. The van der Waals surface area contributed by atoms with Crippen LogP contribution in [0.15, 0.2) is 12.1 Å². The fourth-order valence-corrected chi connectivity index (χ4v) is 4.30. The number of ether oxygens (including phenoxy) is 1. The second-order valence-electron chi connectivity index (χ2n) is 9.23. The molecule has 1 aromatic rings. The van der Waals surface area contributed by atoms with Gasteiger partial charge in [0.05, 0.1) is 17.8 Å². The fourth-order valence-electron chi connectivity index (χ4n) is 4.30. The summed E-state index contributed by atoms with van der Waals surface area (Å²) in [6.45, 7) is 10.1. The summed E-state index contributed by atoms with van der Waals surface area (Å²) in [6, 6.07) is 4.45. The van der Waals surface area contributed by atoms with E-state index in [1.165, 1.54) is 37.8 Å². The van der Waals surface area contributed by atoms with Crippen molar-refractivity contribution in [3.63, 3.8) is 0 Å². The highest BCUT2D eigenvalue weighted by molar-refractivity contribution is 6.62. The van der Waals surface area contributed by atoms with E-state index >= 15 is 0 Å². The number of hydrogen-bond acceptors (Lipinski definition) is 4. The van der Waals surface area contributed by atoms with Crippen LogP contribution in [0.5, 0.6) is 0 Å². The second kappa shape index (κ2) is 6.92. The van der Waals surface area contributed by atoms with Crippen molar-refractivity contribution >= 4 is 12.6 Å². The van der Waals surface area contributed by atoms with Gasteiger partial charge < -0.3 is 14.0 Å². The van der Waals surface area contributed by atoms with Crippen LogP contribution in [0.3, 0.4) is 0 Å². The molecule has 26 heavy (non-hydrogen) atoms. The van der Waals surface area contributed by atoms with Crippen LogP contribution >= 0.6 is 0 Å². The fraction of sp³-hybridized carbons (Fsp3) is 0.762. The third kappa shape index (κ3) is 3.46. The average molecular weight is 357 g/mol. The van der Waals surface area contributed by atoms with Crippen LogP contribution < -0.4 is 5.46 Å². The zero-order chi connectivity index (χ0) is 18.4. The van der Waals surface area contributed by atoms with Crippen molar-refractivity contribution in [1.82, 2.24) is 4.98 Å². The number of hydrogen-bond donors (Lipinski definition) is 0. The van der Waals surface area contributed by atoms with Crippen LogP contribution in [-0.4, -0.2) is 36.5 Å². The topological polar surface area (TPSA) is 40.6 Å². The van der Waals surface area contributed by atoms with E-state index in [4.69, 9.17) is 19.0 Å². The summed E-state index contributed by atoms with van der Waals surface area (Å²) < 4.78 is 18.3. The smallest absolute Gasteiger partial charge is 0.399 e. The molecule has 0 radical (unpaired) electrons. The Kier molecular flexibility index (Phi) is 4.91. The molecule has 3 heterocycles. The Morgan fingerprint density at radius 2 is 1.50 bits per heavy atom. The lowest BCUT2D eigenvalue weighted by molar-refractivity contribution is 0.00578. The highest BCUT2D eigenvalue weighted by atomic mass is 16.7. The summed E-state index contributed by atoms with van der Waals surface area (Å²) in [5, 5.41) is 0. The zero-order valence-electron chi connectivity index (χ0n) is 16.7. The van der Waals surface area contributed by atoms with Crippen molar-refractivity contribution in [2.45, 2.75) is 89.3 Å². The van der Waals surface area contributed by atoms with Gasteiger partial charge in [-0.1, -0.05) is 19.3 Å². The third-order valence-electron chi connectivity index (χ3n) is 6.78. The van der Waals surface area contributed by atoms with Crippen molar-refractivity contribution in [3.8, 4) is 0 Å². The van der Waals surface area contributed by atoms with Crippen molar-refractivity contribution < 1.29 is 14.0 Å². The van der Waals surface area contributed by atoms with Gasteiger partial charge in [0.2, 0.25) is 0 Å². The Hall–Kier alpha value is -0.905. The van der Waals surface area contributed by atoms with Crippen molar-refractivity contribution in [1.29, 1.82) is 0 Å². The molecule has 1 unspecified atom stereocenters. The summed E-state index contributed by atoms with van der Waals surface area (Å²) in [4.78, 5) is 5.09. The monoisotopic (exact) mass is 357 g/mol. The summed E-state index contributed by atoms with van der Waals surface area (Å²) in [5.41, 5.74) is 2.89. The maximum absolute atomic E-state index is 6.33. The van der Waals surface area contributed by atoms with Gasteiger partial charge in [-0.05, 0) is 64.6 Å². The molecule has 1 atom stereocenters. The van der Waals surface area contributed by atoms with Crippen molar-refractivity contribution in [3.05, 3.63) is 23.5 Å². The van der Waals surface area contributed by atoms with E-state index in [2.05, 4.69) is 39.8 Å². The van der Waals surface area contributed by atoms with E-state index < -0.39 is 0 Å². The molecule has 2 aliphatic heterocycles. The zero-order valence-corrected chi connectivity index (χ0v) is 16.7. The Labute approximate surface area is 158 Å². The van der Waals surface area contributed by atoms with Crippen LogP contribution in [0, 0.1) is 0 Å². The highest BCUT2D eigenvalue weighted by Gasteiger charge is 2.52. The number of rotatable bonds is 3. The average Bonchev–Trinajstić information content (AvgIpc) is 3.22. The van der Waals surface area contributed by atoms with Gasteiger partial charge in [0, 0.05) is 29.8 Å². The summed E-state index contributed by atoms with van der Waals surface area (Å²) in [6.07, 6.45) is 7.55. The van der Waals surface area contributed by atoms with Gasteiger partial charge in [-0.25, -0.2) is 0 Å². The summed E-state index contributed by atoms with van der Waals surface area (Å²) in [7, 11) is -0.314. The first-order valence-electron chi connectivity index (χ1n) is 10.3. The molecule has 0 bridgehead atoms. The number of pyridine rings is 1. The molecule has 1 aromatic heterocycles. The first-order valence-corrected chi connectivity index (χ1v) is 10.3. The minimum Gasteiger partial charge on any atom is -0.399 e. The van der Waals surface area contributed by atoms with E-state index in [0.717, 1.165) is 30.8 Å². The van der Waals surface area contributed by atoms with Gasteiger partial charge in [0.1, 0.15) is 0 Å². The molecule has 4 rings (SSSR count). The maximum Gasteiger partial charge on any atom is 0.494 e. The molecule has 142 valence electrons. The largest absolute Gasteiger partial charge is 0.494 e.